The van der Waals surface area contributed by atoms with Gasteiger partial charge in [0.1, 0.15) is 5.82 Å². The van der Waals surface area contributed by atoms with E-state index in [0.29, 0.717) is 12.6 Å². The van der Waals surface area contributed by atoms with Gasteiger partial charge in [-0.2, -0.15) is 0 Å². The van der Waals surface area contributed by atoms with E-state index in [1.165, 1.54) is 5.69 Å². The SMILES string of the molecule is CCNC(=NCc1ccnc(N(C)C)c1)NC1CCN(c2ccccc2)C1.I. The molecule has 0 saturated carbocycles. The highest BCUT2D eigenvalue weighted by atomic mass is 127. The molecular weight excluding hydrogens is 463 g/mol. The number of guanidine groups is 1. The number of nitrogens with one attached hydrogen (secondary N) is 2. The van der Waals surface area contributed by atoms with Gasteiger partial charge in [-0.1, -0.05) is 18.2 Å². The van der Waals surface area contributed by atoms with Crippen LogP contribution < -0.4 is 20.4 Å². The summed E-state index contributed by atoms with van der Waals surface area (Å²) in [6.07, 6.45) is 2.95. The molecule has 0 spiro atoms. The molecule has 2 heterocycles. The normalized spacial score (nSPS) is 16.5. The standard InChI is InChI=1S/C21H30N6.HI/c1-4-22-21(24-15-17-10-12-23-20(14-17)26(2)3)25-18-11-13-27(16-18)19-8-6-5-7-9-19;/h5-10,12,14,18H,4,11,13,15-16H2,1-3H3,(H2,22,24,25);1H. The Morgan fingerprint density at radius 1 is 1.25 bits per heavy atom. The van der Waals surface area contributed by atoms with Crippen molar-refractivity contribution in [2.45, 2.75) is 25.9 Å². The minimum absolute atomic E-state index is 0. The molecular formula is C21H31IN6. The van der Waals surface area contributed by atoms with Gasteiger partial charge >= 0.3 is 0 Å². The molecule has 0 bridgehead atoms. The smallest absolute Gasteiger partial charge is 0.191 e. The number of pyridine rings is 1. The Hall–Kier alpha value is -2.03. The molecule has 6 nitrogen and oxygen atoms in total. The van der Waals surface area contributed by atoms with Crippen LogP contribution >= 0.6 is 24.0 Å². The van der Waals surface area contributed by atoms with Crippen molar-refractivity contribution in [3.8, 4) is 0 Å². The topological polar surface area (TPSA) is 55.8 Å². The number of aromatic nitrogens is 1. The Morgan fingerprint density at radius 3 is 2.75 bits per heavy atom. The van der Waals surface area contributed by atoms with Gasteiger partial charge in [-0.15, -0.1) is 24.0 Å². The molecule has 0 radical (unpaired) electrons. The van der Waals surface area contributed by atoms with E-state index < -0.39 is 0 Å². The average Bonchev–Trinajstić information content (AvgIpc) is 3.16. The maximum atomic E-state index is 4.78. The highest BCUT2D eigenvalue weighted by Gasteiger charge is 2.23. The molecule has 2 aromatic rings. The molecule has 1 atom stereocenters. The Bertz CT molecular complexity index is 750. The Balaban J connectivity index is 0.00000280. The van der Waals surface area contributed by atoms with Crippen LogP contribution in [0.15, 0.2) is 53.7 Å². The van der Waals surface area contributed by atoms with E-state index in [2.05, 4.69) is 63.8 Å². The lowest BCUT2D eigenvalue weighted by Crippen LogP contribution is -2.44. The Morgan fingerprint density at radius 2 is 2.04 bits per heavy atom. The van der Waals surface area contributed by atoms with Crippen LogP contribution in [-0.4, -0.2) is 50.7 Å². The van der Waals surface area contributed by atoms with Crippen molar-refractivity contribution >= 4 is 41.4 Å². The summed E-state index contributed by atoms with van der Waals surface area (Å²) in [6.45, 7) is 5.64. The number of aliphatic imine (C=N–C) groups is 1. The molecule has 2 N–H and O–H groups in total. The molecule has 3 rings (SSSR count). The molecule has 1 aromatic carbocycles. The van der Waals surface area contributed by atoms with Crippen molar-refractivity contribution in [2.24, 2.45) is 4.99 Å². The first-order chi connectivity index (χ1) is 13.2. The molecule has 7 heteroatoms. The average molecular weight is 494 g/mol. The summed E-state index contributed by atoms with van der Waals surface area (Å²) in [5.74, 6) is 1.83. The molecule has 152 valence electrons. The zero-order valence-electron chi connectivity index (χ0n) is 16.9. The second-order valence-electron chi connectivity index (χ2n) is 7.02. The predicted octanol–water partition coefficient (Wildman–Crippen LogP) is 3.10. The summed E-state index contributed by atoms with van der Waals surface area (Å²) in [4.78, 5) is 13.6. The molecule has 1 saturated heterocycles. The van der Waals surface area contributed by atoms with E-state index in [4.69, 9.17) is 4.99 Å². The first-order valence-corrected chi connectivity index (χ1v) is 9.63. The lowest BCUT2D eigenvalue weighted by atomic mass is 10.2. The second kappa shape index (κ2) is 11.1. The summed E-state index contributed by atoms with van der Waals surface area (Å²) in [7, 11) is 4.00. The van der Waals surface area contributed by atoms with Crippen LogP contribution in [0.5, 0.6) is 0 Å². The fourth-order valence-electron chi connectivity index (χ4n) is 3.24. The summed E-state index contributed by atoms with van der Waals surface area (Å²) in [5.41, 5.74) is 2.44. The number of hydrogen-bond acceptors (Lipinski definition) is 4. The Labute approximate surface area is 185 Å². The maximum Gasteiger partial charge on any atom is 0.191 e. The van der Waals surface area contributed by atoms with Gasteiger partial charge in [0.15, 0.2) is 5.96 Å². The van der Waals surface area contributed by atoms with Crippen molar-refractivity contribution < 1.29 is 0 Å². The predicted molar refractivity (Wildman–Crippen MR) is 129 cm³/mol. The first-order valence-electron chi connectivity index (χ1n) is 9.63. The maximum absolute atomic E-state index is 4.78. The summed E-state index contributed by atoms with van der Waals surface area (Å²) in [5, 5.41) is 6.96. The lowest BCUT2D eigenvalue weighted by molar-refractivity contribution is 0.649. The van der Waals surface area contributed by atoms with E-state index in [1.807, 2.05) is 31.3 Å². The Kier molecular flexibility index (Phi) is 8.82. The molecule has 1 aromatic heterocycles. The van der Waals surface area contributed by atoms with Gasteiger partial charge in [-0.05, 0) is 43.2 Å². The quantitative estimate of drug-likeness (QED) is 0.367. The molecule has 0 amide bonds. The molecule has 1 unspecified atom stereocenters. The molecule has 1 aliphatic heterocycles. The number of rotatable bonds is 6. The van der Waals surface area contributed by atoms with Crippen LogP contribution in [0.3, 0.4) is 0 Å². The van der Waals surface area contributed by atoms with Crippen LogP contribution in [0.1, 0.15) is 18.9 Å². The van der Waals surface area contributed by atoms with Gasteiger partial charge in [0.2, 0.25) is 0 Å². The van der Waals surface area contributed by atoms with Gasteiger partial charge in [-0.3, -0.25) is 0 Å². The second-order valence-corrected chi connectivity index (χ2v) is 7.02. The zero-order valence-corrected chi connectivity index (χ0v) is 19.3. The van der Waals surface area contributed by atoms with E-state index in [9.17, 15) is 0 Å². The molecule has 1 fully saturated rings. The zero-order chi connectivity index (χ0) is 19.1. The third-order valence-corrected chi connectivity index (χ3v) is 4.68. The van der Waals surface area contributed by atoms with E-state index >= 15 is 0 Å². The van der Waals surface area contributed by atoms with Crippen molar-refractivity contribution in [3.05, 3.63) is 54.2 Å². The van der Waals surface area contributed by atoms with Gasteiger partial charge in [0, 0.05) is 51.7 Å². The van der Waals surface area contributed by atoms with Gasteiger partial charge in [-0.25, -0.2) is 9.98 Å². The monoisotopic (exact) mass is 494 g/mol. The lowest BCUT2D eigenvalue weighted by Gasteiger charge is -2.20. The number of para-hydroxylation sites is 1. The summed E-state index contributed by atoms with van der Waals surface area (Å²) >= 11 is 0. The number of hydrogen-bond donors (Lipinski definition) is 2. The third kappa shape index (κ3) is 6.25. The van der Waals surface area contributed by atoms with Crippen LogP contribution in [0.25, 0.3) is 0 Å². The molecule has 1 aliphatic rings. The number of nitrogens with zero attached hydrogens (tertiary/aromatic N) is 4. The van der Waals surface area contributed by atoms with Crippen LogP contribution in [0, 0.1) is 0 Å². The highest BCUT2D eigenvalue weighted by molar-refractivity contribution is 14.0. The van der Waals surface area contributed by atoms with Crippen LogP contribution in [0.2, 0.25) is 0 Å². The van der Waals surface area contributed by atoms with Crippen molar-refractivity contribution in [1.82, 2.24) is 15.6 Å². The van der Waals surface area contributed by atoms with Gasteiger partial charge in [0.05, 0.1) is 6.54 Å². The summed E-state index contributed by atoms with van der Waals surface area (Å²) < 4.78 is 0. The highest BCUT2D eigenvalue weighted by Crippen LogP contribution is 2.19. The van der Waals surface area contributed by atoms with Crippen LogP contribution in [0.4, 0.5) is 11.5 Å². The minimum atomic E-state index is 0. The summed E-state index contributed by atoms with van der Waals surface area (Å²) in [6, 6.07) is 15.1. The number of benzene rings is 1. The number of anilines is 2. The third-order valence-electron chi connectivity index (χ3n) is 4.68. The number of halogens is 1. The fraction of sp³-hybridized carbons (Fsp3) is 0.429. The first kappa shape index (κ1) is 22.3. The van der Waals surface area contributed by atoms with Gasteiger partial charge < -0.3 is 20.4 Å². The van der Waals surface area contributed by atoms with Gasteiger partial charge in [0.25, 0.3) is 0 Å². The van der Waals surface area contributed by atoms with E-state index in [1.54, 1.807) is 0 Å². The van der Waals surface area contributed by atoms with E-state index in [0.717, 1.165) is 43.4 Å². The molecule has 0 aliphatic carbocycles. The van der Waals surface area contributed by atoms with Crippen molar-refractivity contribution in [1.29, 1.82) is 0 Å². The van der Waals surface area contributed by atoms with Crippen molar-refractivity contribution in [2.75, 3.05) is 43.5 Å². The molecule has 28 heavy (non-hydrogen) atoms. The fourth-order valence-corrected chi connectivity index (χ4v) is 3.24. The van der Waals surface area contributed by atoms with E-state index in [-0.39, 0.29) is 24.0 Å². The largest absolute Gasteiger partial charge is 0.369 e. The van der Waals surface area contributed by atoms with Crippen molar-refractivity contribution in [3.63, 3.8) is 0 Å². The van der Waals surface area contributed by atoms with Crippen LogP contribution in [-0.2, 0) is 6.54 Å². The minimum Gasteiger partial charge on any atom is -0.369 e.